The minimum Gasteiger partial charge on any atom is -0.397 e. The van der Waals surface area contributed by atoms with Crippen LogP contribution in [0.15, 0.2) is 12.3 Å². The van der Waals surface area contributed by atoms with E-state index in [1.54, 1.807) is 0 Å². The Balaban J connectivity index is 3.25. The number of carbonyl (C=O) groups excluding carboxylic acids is 2. The van der Waals surface area contributed by atoms with Crippen LogP contribution in [0.25, 0.3) is 0 Å². The van der Waals surface area contributed by atoms with Crippen molar-refractivity contribution in [1.82, 2.24) is 4.98 Å². The molecule has 0 bridgehead atoms. The summed E-state index contributed by atoms with van der Waals surface area (Å²) < 4.78 is 0. The van der Waals surface area contributed by atoms with E-state index in [0.29, 0.717) is 17.5 Å². The second-order valence-corrected chi connectivity index (χ2v) is 2.37. The number of aldehydes is 1. The van der Waals surface area contributed by atoms with Gasteiger partial charge in [-0.15, -0.1) is 0 Å². The number of hydrogen-bond acceptors (Lipinski definition) is 4. The van der Waals surface area contributed by atoms with Crippen LogP contribution in [0.3, 0.4) is 0 Å². The second kappa shape index (κ2) is 3.13. The first-order valence-electron chi connectivity index (χ1n) is 3.37. The number of nitrogens with two attached hydrogens (primary N) is 1. The van der Waals surface area contributed by atoms with Gasteiger partial charge in [-0.3, -0.25) is 14.6 Å². The third-order valence-electron chi connectivity index (χ3n) is 1.46. The van der Waals surface area contributed by atoms with Gasteiger partial charge in [0.1, 0.15) is 5.69 Å². The topological polar surface area (TPSA) is 73.0 Å². The fourth-order valence-electron chi connectivity index (χ4n) is 0.851. The molecule has 0 spiro atoms. The lowest BCUT2D eigenvalue weighted by atomic mass is 10.1. The predicted molar refractivity (Wildman–Crippen MR) is 44.0 cm³/mol. The Bertz CT molecular complexity index is 334. The summed E-state index contributed by atoms with van der Waals surface area (Å²) in [5.74, 6) is -0.169. The van der Waals surface area contributed by atoms with Crippen LogP contribution in [0, 0.1) is 0 Å². The Kier molecular flexibility index (Phi) is 2.19. The van der Waals surface area contributed by atoms with Crippen molar-refractivity contribution in [2.45, 2.75) is 6.92 Å². The van der Waals surface area contributed by atoms with Gasteiger partial charge in [0.2, 0.25) is 0 Å². The predicted octanol–water partition coefficient (Wildman–Crippen LogP) is 0.679. The summed E-state index contributed by atoms with van der Waals surface area (Å²) in [5.41, 5.74) is 6.30. The van der Waals surface area contributed by atoms with Gasteiger partial charge in [0, 0.05) is 5.56 Å². The lowest BCUT2D eigenvalue weighted by Crippen LogP contribution is -2.02. The number of ketones is 1. The Morgan fingerprint density at radius 2 is 2.33 bits per heavy atom. The van der Waals surface area contributed by atoms with Gasteiger partial charge in [0.15, 0.2) is 12.1 Å². The smallest absolute Gasteiger partial charge is 0.168 e. The minimum atomic E-state index is -0.169. The molecule has 0 aliphatic heterocycles. The summed E-state index contributed by atoms with van der Waals surface area (Å²) in [6.45, 7) is 1.39. The zero-order valence-electron chi connectivity index (χ0n) is 6.57. The molecule has 0 fully saturated rings. The molecule has 62 valence electrons. The van der Waals surface area contributed by atoms with Gasteiger partial charge in [0.05, 0.1) is 11.9 Å². The van der Waals surface area contributed by atoms with Crippen LogP contribution < -0.4 is 5.73 Å². The maximum absolute atomic E-state index is 10.9. The molecule has 1 rings (SSSR count). The average molecular weight is 164 g/mol. The van der Waals surface area contributed by atoms with Gasteiger partial charge in [0.25, 0.3) is 0 Å². The fourth-order valence-corrected chi connectivity index (χ4v) is 0.851. The molecule has 0 amide bonds. The first-order valence-corrected chi connectivity index (χ1v) is 3.37. The number of carbonyl (C=O) groups is 2. The molecule has 1 heterocycles. The molecule has 0 unspecified atom stereocenters. The van der Waals surface area contributed by atoms with Crippen LogP contribution in [0.2, 0.25) is 0 Å². The molecule has 12 heavy (non-hydrogen) atoms. The van der Waals surface area contributed by atoms with Crippen LogP contribution in [0.5, 0.6) is 0 Å². The molecule has 0 saturated carbocycles. The second-order valence-electron chi connectivity index (χ2n) is 2.37. The van der Waals surface area contributed by atoms with Crippen molar-refractivity contribution in [2.24, 2.45) is 0 Å². The van der Waals surface area contributed by atoms with E-state index >= 15 is 0 Å². The minimum absolute atomic E-state index is 0.169. The molecule has 2 N–H and O–H groups in total. The summed E-state index contributed by atoms with van der Waals surface area (Å²) in [6.07, 6.45) is 1.88. The summed E-state index contributed by atoms with van der Waals surface area (Å²) in [5, 5.41) is 0. The van der Waals surface area contributed by atoms with Gasteiger partial charge in [-0.25, -0.2) is 0 Å². The number of nitrogens with zero attached hydrogens (tertiary/aromatic N) is 1. The summed E-state index contributed by atoms with van der Waals surface area (Å²) >= 11 is 0. The van der Waals surface area contributed by atoms with Crippen LogP contribution in [-0.4, -0.2) is 17.1 Å². The van der Waals surface area contributed by atoms with Crippen molar-refractivity contribution < 1.29 is 9.59 Å². The summed E-state index contributed by atoms with van der Waals surface area (Å²) in [7, 11) is 0. The molecule has 0 radical (unpaired) electrons. The number of rotatable bonds is 2. The molecule has 0 aromatic carbocycles. The third-order valence-corrected chi connectivity index (χ3v) is 1.46. The monoisotopic (exact) mass is 164 g/mol. The van der Waals surface area contributed by atoms with E-state index in [1.807, 2.05) is 0 Å². The highest BCUT2D eigenvalue weighted by atomic mass is 16.1. The number of Topliss-reactive ketones (excluding diaryl/α,β-unsaturated/α-hetero) is 1. The van der Waals surface area contributed by atoms with E-state index in [0.717, 1.165) is 0 Å². The zero-order valence-corrected chi connectivity index (χ0v) is 6.57. The maximum atomic E-state index is 10.9. The normalized spacial score (nSPS) is 9.42. The largest absolute Gasteiger partial charge is 0.397 e. The van der Waals surface area contributed by atoms with Crippen molar-refractivity contribution in [2.75, 3.05) is 5.73 Å². The summed E-state index contributed by atoms with van der Waals surface area (Å²) in [6, 6.07) is 1.38. The van der Waals surface area contributed by atoms with Crippen molar-refractivity contribution in [3.05, 3.63) is 23.5 Å². The van der Waals surface area contributed by atoms with Crippen molar-refractivity contribution in [3.8, 4) is 0 Å². The number of hydrogen-bond donors (Lipinski definition) is 1. The van der Waals surface area contributed by atoms with Crippen LogP contribution in [0.4, 0.5) is 5.69 Å². The lowest BCUT2D eigenvalue weighted by molar-refractivity contribution is 0.101. The van der Waals surface area contributed by atoms with E-state index in [4.69, 9.17) is 5.73 Å². The van der Waals surface area contributed by atoms with E-state index in [1.165, 1.54) is 19.2 Å². The molecule has 1 aromatic rings. The SMILES string of the molecule is CC(=O)c1cc(C=O)ncc1N. The molecule has 4 heteroatoms. The Morgan fingerprint density at radius 3 is 2.83 bits per heavy atom. The van der Waals surface area contributed by atoms with Crippen LogP contribution in [-0.2, 0) is 0 Å². The first-order chi connectivity index (χ1) is 5.65. The highest BCUT2D eigenvalue weighted by Gasteiger charge is 2.05. The number of aromatic nitrogens is 1. The molecule has 0 aliphatic rings. The maximum Gasteiger partial charge on any atom is 0.168 e. The van der Waals surface area contributed by atoms with Crippen LogP contribution >= 0.6 is 0 Å². The number of nitrogen functional groups attached to an aromatic ring is 1. The van der Waals surface area contributed by atoms with E-state index in [9.17, 15) is 9.59 Å². The first kappa shape index (κ1) is 8.39. The molecule has 0 saturated heterocycles. The number of pyridine rings is 1. The molecule has 0 atom stereocenters. The highest BCUT2D eigenvalue weighted by molar-refractivity contribution is 5.99. The third kappa shape index (κ3) is 1.47. The summed E-state index contributed by atoms with van der Waals surface area (Å²) in [4.78, 5) is 24.9. The fraction of sp³-hybridized carbons (Fsp3) is 0.125. The van der Waals surface area contributed by atoms with Gasteiger partial charge in [-0.2, -0.15) is 0 Å². The van der Waals surface area contributed by atoms with Gasteiger partial charge >= 0.3 is 0 Å². The Hall–Kier alpha value is -1.71. The van der Waals surface area contributed by atoms with E-state index in [-0.39, 0.29) is 11.5 Å². The Labute approximate surface area is 69.4 Å². The Morgan fingerprint density at radius 1 is 1.67 bits per heavy atom. The van der Waals surface area contributed by atoms with Gasteiger partial charge in [-0.1, -0.05) is 0 Å². The zero-order chi connectivity index (χ0) is 9.14. The van der Waals surface area contributed by atoms with Crippen molar-refractivity contribution in [1.29, 1.82) is 0 Å². The van der Waals surface area contributed by atoms with E-state index < -0.39 is 0 Å². The standard InChI is InChI=1S/C8H8N2O2/c1-5(12)7-2-6(4-11)10-3-8(7)9/h2-4H,9H2,1H3. The van der Waals surface area contributed by atoms with Gasteiger partial charge in [-0.05, 0) is 13.0 Å². The quantitative estimate of drug-likeness (QED) is 0.515. The van der Waals surface area contributed by atoms with Crippen molar-refractivity contribution in [3.63, 3.8) is 0 Å². The highest BCUT2D eigenvalue weighted by Crippen LogP contribution is 2.10. The molecule has 4 nitrogen and oxygen atoms in total. The van der Waals surface area contributed by atoms with Crippen LogP contribution in [0.1, 0.15) is 27.8 Å². The lowest BCUT2D eigenvalue weighted by Gasteiger charge is -2.00. The molecular formula is C8H8N2O2. The average Bonchev–Trinajstić information content (AvgIpc) is 2.05. The van der Waals surface area contributed by atoms with Crippen molar-refractivity contribution >= 4 is 17.8 Å². The molecular weight excluding hydrogens is 156 g/mol. The van der Waals surface area contributed by atoms with Gasteiger partial charge < -0.3 is 5.73 Å². The van der Waals surface area contributed by atoms with E-state index in [2.05, 4.69) is 4.98 Å². The number of anilines is 1. The molecule has 1 aromatic heterocycles. The molecule has 0 aliphatic carbocycles.